The fourth-order valence-corrected chi connectivity index (χ4v) is 2.67. The number of carbonyl (C=O) groups is 2. The third kappa shape index (κ3) is 3.98. The molecule has 0 fully saturated rings. The third-order valence-corrected chi connectivity index (χ3v) is 3.96. The Kier molecular flexibility index (Phi) is 4.99. The van der Waals surface area contributed by atoms with E-state index >= 15 is 0 Å². The maximum absolute atomic E-state index is 11.8. The average Bonchev–Trinajstić information content (AvgIpc) is 3.05. The molecule has 0 radical (unpaired) electrons. The first kappa shape index (κ1) is 16.6. The number of rotatable bonds is 6. The number of carboxylic acid groups (broad SMARTS) is 1. The highest BCUT2D eigenvalue weighted by Crippen LogP contribution is 2.25. The van der Waals surface area contributed by atoms with E-state index in [1.54, 1.807) is 6.20 Å². The van der Waals surface area contributed by atoms with Gasteiger partial charge in [-0.1, -0.05) is 48.5 Å². The lowest BCUT2D eigenvalue weighted by atomic mass is 9.98. The fraction of sp³-hybridized carbons (Fsp3) is 0.158. The van der Waals surface area contributed by atoms with E-state index in [4.69, 9.17) is 4.74 Å². The topological polar surface area (TPSA) is 91.4 Å². The predicted octanol–water partition coefficient (Wildman–Crippen LogP) is 3.26. The van der Waals surface area contributed by atoms with Crippen molar-refractivity contribution in [2.75, 3.05) is 6.54 Å². The highest BCUT2D eigenvalue weighted by molar-refractivity contribution is 5.89. The Morgan fingerprint density at radius 1 is 1.08 bits per heavy atom. The Hall–Kier alpha value is -3.28. The summed E-state index contributed by atoms with van der Waals surface area (Å²) >= 11 is 0. The number of hydrogen-bond donors (Lipinski definition) is 3. The predicted molar refractivity (Wildman–Crippen MR) is 93.3 cm³/mol. The zero-order chi connectivity index (χ0) is 17.6. The number of aromatic amines is 1. The molecule has 1 unspecified atom stereocenters. The van der Waals surface area contributed by atoms with Crippen LogP contribution >= 0.6 is 0 Å². The number of alkyl carbamates (subject to hydrolysis) is 1. The van der Waals surface area contributed by atoms with Crippen LogP contribution in [0.2, 0.25) is 0 Å². The summed E-state index contributed by atoms with van der Waals surface area (Å²) in [6.07, 6.45) is 1.02. The van der Waals surface area contributed by atoms with Crippen molar-refractivity contribution in [3.63, 3.8) is 0 Å². The van der Waals surface area contributed by atoms with Crippen LogP contribution in [0.25, 0.3) is 10.9 Å². The van der Waals surface area contributed by atoms with Gasteiger partial charge in [-0.15, -0.1) is 0 Å². The molecular formula is C19H18N2O4. The highest BCUT2D eigenvalue weighted by Gasteiger charge is 2.23. The molecule has 6 nitrogen and oxygen atoms in total. The van der Waals surface area contributed by atoms with Gasteiger partial charge in [-0.25, -0.2) is 4.79 Å². The minimum absolute atomic E-state index is 0.0508. The molecule has 0 aliphatic carbocycles. The minimum Gasteiger partial charge on any atom is -0.481 e. The van der Waals surface area contributed by atoms with Gasteiger partial charge in [-0.2, -0.15) is 0 Å². The molecule has 1 aromatic heterocycles. The first-order valence-electron chi connectivity index (χ1n) is 7.88. The lowest BCUT2D eigenvalue weighted by Crippen LogP contribution is -2.32. The number of carbonyl (C=O) groups excluding carboxylic acids is 1. The van der Waals surface area contributed by atoms with Crippen LogP contribution in [-0.2, 0) is 16.1 Å². The number of carboxylic acids is 1. The number of fused-ring (bicyclic) bond motifs is 1. The van der Waals surface area contributed by atoms with Crippen LogP contribution in [-0.4, -0.2) is 28.7 Å². The molecule has 128 valence electrons. The van der Waals surface area contributed by atoms with Crippen molar-refractivity contribution >= 4 is 23.0 Å². The number of benzene rings is 2. The zero-order valence-corrected chi connectivity index (χ0v) is 13.4. The van der Waals surface area contributed by atoms with Gasteiger partial charge < -0.3 is 20.1 Å². The Labute approximate surface area is 144 Å². The molecule has 3 aromatic rings. The van der Waals surface area contributed by atoms with E-state index in [1.807, 2.05) is 54.6 Å². The van der Waals surface area contributed by atoms with Gasteiger partial charge in [0.05, 0.1) is 0 Å². The average molecular weight is 338 g/mol. The van der Waals surface area contributed by atoms with E-state index in [9.17, 15) is 14.7 Å². The third-order valence-electron chi connectivity index (χ3n) is 3.96. The Morgan fingerprint density at radius 2 is 1.80 bits per heavy atom. The van der Waals surface area contributed by atoms with Crippen LogP contribution < -0.4 is 5.32 Å². The summed E-state index contributed by atoms with van der Waals surface area (Å²) in [4.78, 5) is 26.5. The fourth-order valence-electron chi connectivity index (χ4n) is 2.67. The van der Waals surface area contributed by atoms with Crippen molar-refractivity contribution < 1.29 is 19.4 Å². The number of H-pyrrole nitrogens is 1. The van der Waals surface area contributed by atoms with Crippen molar-refractivity contribution in [1.29, 1.82) is 0 Å². The number of hydrogen-bond acceptors (Lipinski definition) is 3. The lowest BCUT2D eigenvalue weighted by molar-refractivity contribution is -0.138. The van der Waals surface area contributed by atoms with Crippen LogP contribution in [0.4, 0.5) is 4.79 Å². The van der Waals surface area contributed by atoms with Gasteiger partial charge in [0.25, 0.3) is 0 Å². The monoisotopic (exact) mass is 338 g/mol. The maximum atomic E-state index is 11.8. The summed E-state index contributed by atoms with van der Waals surface area (Å²) in [5.74, 6) is -1.87. The standard InChI is InChI=1S/C19H18N2O4/c22-18(23)16(15-10-20-17-9-5-4-8-14(15)17)11-21-19(24)25-12-13-6-2-1-3-7-13/h1-10,16,20H,11-12H2,(H,21,24)(H,22,23). The molecule has 0 saturated heterocycles. The summed E-state index contributed by atoms with van der Waals surface area (Å²) in [7, 11) is 0. The Morgan fingerprint density at radius 3 is 2.56 bits per heavy atom. The number of para-hydroxylation sites is 1. The van der Waals surface area contributed by atoms with E-state index in [0.29, 0.717) is 5.56 Å². The van der Waals surface area contributed by atoms with Crippen molar-refractivity contribution in [3.8, 4) is 0 Å². The van der Waals surface area contributed by atoms with Crippen molar-refractivity contribution in [2.45, 2.75) is 12.5 Å². The number of aliphatic carboxylic acids is 1. The summed E-state index contributed by atoms with van der Waals surface area (Å²) in [6.45, 7) is 0.0856. The van der Waals surface area contributed by atoms with Crippen LogP contribution in [0.15, 0.2) is 60.8 Å². The summed E-state index contributed by atoms with van der Waals surface area (Å²) < 4.78 is 5.11. The SMILES string of the molecule is O=C(NCC(C(=O)O)c1c[nH]c2ccccc12)OCc1ccccc1. The Balaban J connectivity index is 1.63. The second-order valence-electron chi connectivity index (χ2n) is 5.62. The second-order valence-corrected chi connectivity index (χ2v) is 5.62. The largest absolute Gasteiger partial charge is 0.481 e. The van der Waals surface area contributed by atoms with Gasteiger partial charge in [0.1, 0.15) is 12.5 Å². The second kappa shape index (κ2) is 7.53. The molecule has 0 aliphatic rings. The number of nitrogens with one attached hydrogen (secondary N) is 2. The normalized spacial score (nSPS) is 11.8. The molecule has 3 N–H and O–H groups in total. The first-order chi connectivity index (χ1) is 12.1. The molecule has 2 aromatic carbocycles. The van der Waals surface area contributed by atoms with E-state index in [0.717, 1.165) is 16.5 Å². The number of amides is 1. The van der Waals surface area contributed by atoms with Gasteiger partial charge in [-0.05, 0) is 17.2 Å². The molecule has 1 heterocycles. The highest BCUT2D eigenvalue weighted by atomic mass is 16.5. The smallest absolute Gasteiger partial charge is 0.407 e. The quantitative estimate of drug-likeness (QED) is 0.643. The van der Waals surface area contributed by atoms with E-state index < -0.39 is 18.0 Å². The van der Waals surface area contributed by atoms with Crippen LogP contribution in [0.1, 0.15) is 17.0 Å². The van der Waals surface area contributed by atoms with Crippen molar-refractivity contribution in [2.24, 2.45) is 0 Å². The van der Waals surface area contributed by atoms with Crippen LogP contribution in [0, 0.1) is 0 Å². The van der Waals surface area contributed by atoms with Crippen molar-refractivity contribution in [3.05, 3.63) is 71.9 Å². The molecule has 0 aliphatic heterocycles. The van der Waals surface area contributed by atoms with E-state index in [-0.39, 0.29) is 13.2 Å². The van der Waals surface area contributed by atoms with Gasteiger partial charge in [0.2, 0.25) is 0 Å². The molecule has 0 bridgehead atoms. The van der Waals surface area contributed by atoms with Crippen LogP contribution in [0.3, 0.4) is 0 Å². The van der Waals surface area contributed by atoms with Gasteiger partial charge in [-0.3, -0.25) is 4.79 Å². The molecule has 1 amide bonds. The van der Waals surface area contributed by atoms with Crippen LogP contribution in [0.5, 0.6) is 0 Å². The molecule has 6 heteroatoms. The lowest BCUT2D eigenvalue weighted by Gasteiger charge is -2.13. The molecule has 25 heavy (non-hydrogen) atoms. The van der Waals surface area contributed by atoms with E-state index in [2.05, 4.69) is 10.3 Å². The number of aromatic nitrogens is 1. The summed E-state index contributed by atoms with van der Waals surface area (Å²) in [5.41, 5.74) is 2.35. The van der Waals surface area contributed by atoms with E-state index in [1.165, 1.54) is 0 Å². The van der Waals surface area contributed by atoms with Gasteiger partial charge in [0, 0.05) is 23.6 Å². The molecule has 3 rings (SSSR count). The molecular weight excluding hydrogens is 320 g/mol. The molecule has 0 spiro atoms. The molecule has 0 saturated carbocycles. The van der Waals surface area contributed by atoms with Crippen molar-refractivity contribution in [1.82, 2.24) is 10.3 Å². The summed E-state index contributed by atoms with van der Waals surface area (Å²) in [5, 5.41) is 12.9. The molecule has 1 atom stereocenters. The summed E-state index contributed by atoms with van der Waals surface area (Å²) in [6, 6.07) is 16.7. The zero-order valence-electron chi connectivity index (χ0n) is 13.4. The minimum atomic E-state index is -1.01. The first-order valence-corrected chi connectivity index (χ1v) is 7.88. The van der Waals surface area contributed by atoms with Gasteiger partial charge in [0.15, 0.2) is 0 Å². The number of ether oxygens (including phenoxy) is 1. The Bertz CT molecular complexity index is 873. The van der Waals surface area contributed by atoms with Gasteiger partial charge >= 0.3 is 12.1 Å². The maximum Gasteiger partial charge on any atom is 0.407 e.